The number of nitrogens with zero attached hydrogens (tertiary/aromatic N) is 1. The van der Waals surface area contributed by atoms with Gasteiger partial charge in [-0.15, -0.1) is 0 Å². The summed E-state index contributed by atoms with van der Waals surface area (Å²) in [7, 11) is 2.62. The number of benzene rings is 2. The van der Waals surface area contributed by atoms with E-state index in [1.807, 2.05) is 17.9 Å². The van der Waals surface area contributed by atoms with E-state index in [0.717, 1.165) is 46.9 Å². The third-order valence-electron chi connectivity index (χ3n) is 6.41. The predicted molar refractivity (Wildman–Crippen MR) is 120 cm³/mol. The van der Waals surface area contributed by atoms with Gasteiger partial charge in [-0.2, -0.15) is 0 Å². The lowest BCUT2D eigenvalue weighted by Crippen LogP contribution is -2.33. The lowest BCUT2D eigenvalue weighted by molar-refractivity contribution is 0.0587. The molecule has 0 amide bonds. The summed E-state index contributed by atoms with van der Waals surface area (Å²) >= 11 is 0. The molecule has 0 bridgehead atoms. The van der Waals surface area contributed by atoms with Crippen molar-refractivity contribution in [3.05, 3.63) is 68.1 Å². The molecule has 1 aliphatic heterocycles. The monoisotopic (exact) mass is 449 g/mol. The van der Waals surface area contributed by atoms with Crippen LogP contribution in [-0.2, 0) is 28.9 Å². The quantitative estimate of drug-likeness (QED) is 0.443. The molecule has 2 heterocycles. The molecule has 0 radical (unpaired) electrons. The molecule has 0 spiro atoms. The van der Waals surface area contributed by atoms with Crippen LogP contribution in [0.3, 0.4) is 0 Å². The van der Waals surface area contributed by atoms with E-state index in [9.17, 15) is 14.4 Å². The minimum atomic E-state index is -0.513. The van der Waals surface area contributed by atoms with Crippen LogP contribution in [0.1, 0.15) is 49.4 Å². The molecule has 5 rings (SSSR count). The van der Waals surface area contributed by atoms with E-state index in [1.165, 1.54) is 20.3 Å². The van der Waals surface area contributed by atoms with Gasteiger partial charge in [0.25, 0.3) is 0 Å². The molecule has 2 aromatic carbocycles. The van der Waals surface area contributed by atoms with Crippen molar-refractivity contribution in [1.29, 1.82) is 0 Å². The van der Waals surface area contributed by atoms with Crippen molar-refractivity contribution in [3.8, 4) is 5.75 Å². The van der Waals surface area contributed by atoms with Gasteiger partial charge in [-0.1, -0.05) is 0 Å². The predicted octanol–water partition coefficient (Wildman–Crippen LogP) is 3.52. The fourth-order valence-corrected chi connectivity index (χ4v) is 4.81. The van der Waals surface area contributed by atoms with E-state index in [4.69, 9.17) is 18.6 Å². The van der Waals surface area contributed by atoms with E-state index in [0.29, 0.717) is 34.7 Å². The molecular weight excluding hydrogens is 426 g/mol. The number of hydrogen-bond acceptors (Lipinski definition) is 8. The van der Waals surface area contributed by atoms with Crippen LogP contribution in [-0.4, -0.2) is 32.9 Å². The Morgan fingerprint density at radius 1 is 1.03 bits per heavy atom. The van der Waals surface area contributed by atoms with Gasteiger partial charge in [0.05, 0.1) is 31.0 Å². The number of esters is 2. The molecule has 3 aromatic rings. The Kier molecular flexibility index (Phi) is 5.08. The first-order chi connectivity index (χ1) is 15.9. The number of ether oxygens (including phenoxy) is 3. The molecule has 8 nitrogen and oxygen atoms in total. The van der Waals surface area contributed by atoms with Gasteiger partial charge in [0, 0.05) is 28.6 Å². The zero-order valence-corrected chi connectivity index (χ0v) is 18.6. The summed E-state index contributed by atoms with van der Waals surface area (Å²) in [5.74, 6) is -0.344. The highest BCUT2D eigenvalue weighted by molar-refractivity contribution is 5.99. The molecular formula is C25H23NO7. The van der Waals surface area contributed by atoms with Gasteiger partial charge in [0.15, 0.2) is 6.73 Å². The molecule has 2 aliphatic rings. The van der Waals surface area contributed by atoms with Crippen LogP contribution >= 0.6 is 0 Å². The van der Waals surface area contributed by atoms with E-state index >= 15 is 0 Å². The zero-order valence-electron chi connectivity index (χ0n) is 18.6. The third kappa shape index (κ3) is 3.33. The average molecular weight is 449 g/mol. The second-order valence-corrected chi connectivity index (χ2v) is 8.25. The molecule has 0 fully saturated rings. The summed E-state index contributed by atoms with van der Waals surface area (Å²) in [6, 6.07) is 6.70. The Labute approximate surface area is 189 Å². The molecule has 0 N–H and O–H groups in total. The Balaban J connectivity index is 1.62. The number of carbonyl (C=O) groups excluding carboxylic acids is 2. The standard InChI is InChI=1S/C25H23NO7/c1-13-21-15(9-19-16-5-4-6-17(16)25(29)33-22(13)19)11-26(12-32-21)20-10-14(23(27)30-2)7-8-18(20)24(28)31-3/h7-10H,4-6,11-12H2,1-3H3. The van der Waals surface area contributed by atoms with Crippen LogP contribution in [0.25, 0.3) is 11.0 Å². The zero-order chi connectivity index (χ0) is 23.3. The SMILES string of the molecule is COC(=O)c1ccc(C(=O)OC)c(N2COc3c(cc4c5c(c(=O)oc4c3C)CCC5)C2)c1. The highest BCUT2D eigenvalue weighted by Gasteiger charge is 2.28. The number of carbonyl (C=O) groups is 2. The van der Waals surface area contributed by atoms with Crippen molar-refractivity contribution in [2.45, 2.75) is 32.7 Å². The highest BCUT2D eigenvalue weighted by Crippen LogP contribution is 2.39. The van der Waals surface area contributed by atoms with E-state index in [2.05, 4.69) is 0 Å². The fourth-order valence-electron chi connectivity index (χ4n) is 4.81. The normalized spacial score (nSPS) is 14.5. The molecule has 8 heteroatoms. The number of methoxy groups -OCH3 is 2. The largest absolute Gasteiger partial charge is 0.472 e. The Morgan fingerprint density at radius 3 is 2.55 bits per heavy atom. The second-order valence-electron chi connectivity index (χ2n) is 8.25. The maximum Gasteiger partial charge on any atom is 0.339 e. The van der Waals surface area contributed by atoms with Gasteiger partial charge < -0.3 is 23.5 Å². The van der Waals surface area contributed by atoms with Crippen LogP contribution in [0, 0.1) is 6.92 Å². The number of aryl methyl sites for hydroxylation is 2. The first-order valence-electron chi connectivity index (χ1n) is 10.7. The first kappa shape index (κ1) is 21.1. The maximum atomic E-state index is 12.4. The minimum absolute atomic E-state index is 0.142. The molecule has 170 valence electrons. The molecule has 0 saturated carbocycles. The maximum absolute atomic E-state index is 12.4. The highest BCUT2D eigenvalue weighted by atomic mass is 16.5. The van der Waals surface area contributed by atoms with Gasteiger partial charge >= 0.3 is 17.6 Å². The molecule has 0 saturated heterocycles. The van der Waals surface area contributed by atoms with Gasteiger partial charge in [0.2, 0.25) is 0 Å². The summed E-state index contributed by atoms with van der Waals surface area (Å²) in [5.41, 5.74) is 4.95. The van der Waals surface area contributed by atoms with Crippen molar-refractivity contribution < 1.29 is 28.2 Å². The lowest BCUT2D eigenvalue weighted by atomic mass is 9.98. The summed E-state index contributed by atoms with van der Waals surface area (Å²) in [6.45, 7) is 2.47. The van der Waals surface area contributed by atoms with Gasteiger partial charge in [-0.25, -0.2) is 14.4 Å². The number of hydrogen-bond donors (Lipinski definition) is 0. The van der Waals surface area contributed by atoms with E-state index in [1.54, 1.807) is 12.1 Å². The summed E-state index contributed by atoms with van der Waals surface area (Å²) in [6.07, 6.45) is 2.50. The van der Waals surface area contributed by atoms with E-state index < -0.39 is 11.9 Å². The Morgan fingerprint density at radius 2 is 1.79 bits per heavy atom. The second kappa shape index (κ2) is 7.95. The summed E-state index contributed by atoms with van der Waals surface area (Å²) in [5, 5.41) is 0.931. The van der Waals surface area contributed by atoms with Crippen LogP contribution in [0.5, 0.6) is 5.75 Å². The number of fused-ring (bicyclic) bond motifs is 4. The lowest BCUT2D eigenvalue weighted by Gasteiger charge is -2.33. The van der Waals surface area contributed by atoms with E-state index in [-0.39, 0.29) is 12.4 Å². The van der Waals surface area contributed by atoms with Crippen molar-refractivity contribution >= 4 is 28.6 Å². The molecule has 33 heavy (non-hydrogen) atoms. The van der Waals surface area contributed by atoms with Crippen molar-refractivity contribution in [2.75, 3.05) is 25.9 Å². The number of rotatable bonds is 3. The fraction of sp³-hybridized carbons (Fsp3) is 0.320. The topological polar surface area (TPSA) is 95.3 Å². The van der Waals surface area contributed by atoms with Crippen LogP contribution < -0.4 is 15.3 Å². The van der Waals surface area contributed by atoms with Crippen molar-refractivity contribution in [1.82, 2.24) is 0 Å². The van der Waals surface area contributed by atoms with Crippen molar-refractivity contribution in [3.63, 3.8) is 0 Å². The summed E-state index contributed by atoms with van der Waals surface area (Å²) in [4.78, 5) is 38.8. The first-order valence-corrected chi connectivity index (χ1v) is 10.7. The minimum Gasteiger partial charge on any atom is -0.472 e. The van der Waals surface area contributed by atoms with Gasteiger partial charge in [0.1, 0.15) is 11.3 Å². The Hall–Kier alpha value is -3.81. The van der Waals surface area contributed by atoms with Crippen molar-refractivity contribution in [2.24, 2.45) is 0 Å². The summed E-state index contributed by atoms with van der Waals surface area (Å²) < 4.78 is 21.5. The smallest absolute Gasteiger partial charge is 0.339 e. The molecule has 1 aromatic heterocycles. The molecule has 0 atom stereocenters. The average Bonchev–Trinajstić information content (AvgIpc) is 3.34. The Bertz CT molecular complexity index is 1370. The third-order valence-corrected chi connectivity index (χ3v) is 6.41. The van der Waals surface area contributed by atoms with Crippen LogP contribution in [0.2, 0.25) is 0 Å². The van der Waals surface area contributed by atoms with Crippen LogP contribution in [0.15, 0.2) is 33.5 Å². The van der Waals surface area contributed by atoms with Crippen LogP contribution in [0.4, 0.5) is 5.69 Å². The molecule has 0 unspecified atom stereocenters. The molecule has 1 aliphatic carbocycles. The number of anilines is 1. The van der Waals surface area contributed by atoms with Gasteiger partial charge in [-0.3, -0.25) is 0 Å². The van der Waals surface area contributed by atoms with Gasteiger partial charge in [-0.05, 0) is 56.0 Å².